The van der Waals surface area contributed by atoms with Crippen LogP contribution in [0.4, 0.5) is 26.0 Å². The summed E-state index contributed by atoms with van der Waals surface area (Å²) in [5.74, 6) is 3.74. The summed E-state index contributed by atoms with van der Waals surface area (Å²) in [6, 6.07) is 17.8. The average Bonchev–Trinajstić information content (AvgIpc) is 3.30. The molecule has 0 radical (unpaired) electrons. The summed E-state index contributed by atoms with van der Waals surface area (Å²) in [4.78, 5) is 8.13. The number of benzene rings is 2. The number of nitrogens with one attached hydrogen (secondary N) is 2. The Hall–Kier alpha value is -4.33. The van der Waals surface area contributed by atoms with Gasteiger partial charge < -0.3 is 0 Å². The third-order valence-electron chi connectivity index (χ3n) is 5.21. The molecule has 10 heteroatoms. The van der Waals surface area contributed by atoms with Gasteiger partial charge in [0, 0.05) is 24.5 Å². The molecule has 174 valence electrons. The van der Waals surface area contributed by atoms with Crippen molar-refractivity contribution in [3.05, 3.63) is 108 Å². The number of aromatic nitrogens is 2. The molecule has 1 aliphatic heterocycles. The molecule has 7 nitrogen and oxygen atoms in total. The molecule has 0 amide bonds. The fourth-order valence-electron chi connectivity index (χ4n) is 3.49. The number of rotatable bonds is 4. The van der Waals surface area contributed by atoms with Crippen LogP contribution in [0.15, 0.2) is 84.0 Å². The molecule has 0 bridgehead atoms. The molecule has 5 rings (SSSR count). The number of anilines is 3. The minimum Gasteiger partial charge on any atom is -0.277 e. The van der Waals surface area contributed by atoms with Gasteiger partial charge in [0.05, 0.1) is 16.9 Å². The standard InChI is InChI=1S/C25H17F2N5O2S/c26-22-12-13-23(31-35(33,34)20-7-4-14-28-16-20)24(27)21(22)11-10-18-9-8-17-15-29-32(25(17)30-18)19-5-2-1-3-6-19/h1-9,12-14,16,29,31H,15H2. The van der Waals surface area contributed by atoms with Crippen molar-refractivity contribution in [3.8, 4) is 11.8 Å². The Morgan fingerprint density at radius 2 is 1.80 bits per heavy atom. The molecule has 2 N–H and O–H groups in total. The van der Waals surface area contributed by atoms with Gasteiger partial charge in [0.25, 0.3) is 10.0 Å². The molecule has 0 aliphatic carbocycles. The molecule has 0 atom stereocenters. The van der Waals surface area contributed by atoms with Gasteiger partial charge in [-0.05, 0) is 48.4 Å². The maximum atomic E-state index is 15.1. The summed E-state index contributed by atoms with van der Waals surface area (Å²) < 4.78 is 56.6. The summed E-state index contributed by atoms with van der Waals surface area (Å²) in [6.45, 7) is 0.577. The van der Waals surface area contributed by atoms with Gasteiger partial charge in [-0.1, -0.05) is 30.2 Å². The van der Waals surface area contributed by atoms with E-state index in [0.717, 1.165) is 29.6 Å². The van der Waals surface area contributed by atoms with Gasteiger partial charge in [-0.25, -0.2) is 27.6 Å². The fourth-order valence-corrected chi connectivity index (χ4v) is 4.51. The SMILES string of the molecule is O=S(=O)(Nc1ccc(F)c(C#Cc2ccc3c(n2)N(c2ccccc2)NC3)c1F)c1cccnc1. The van der Waals surface area contributed by atoms with Crippen LogP contribution in [-0.4, -0.2) is 18.4 Å². The monoisotopic (exact) mass is 489 g/mol. The van der Waals surface area contributed by atoms with Crippen LogP contribution in [-0.2, 0) is 16.6 Å². The zero-order chi connectivity index (χ0) is 24.4. The fraction of sp³-hybridized carbons (Fsp3) is 0.0400. The van der Waals surface area contributed by atoms with Crippen molar-refractivity contribution in [2.24, 2.45) is 0 Å². The first-order valence-corrected chi connectivity index (χ1v) is 11.9. The number of para-hydroxylation sites is 1. The second-order valence-corrected chi connectivity index (χ2v) is 9.20. The molecule has 35 heavy (non-hydrogen) atoms. The van der Waals surface area contributed by atoms with Crippen molar-refractivity contribution in [2.45, 2.75) is 11.4 Å². The Labute approximate surface area is 200 Å². The van der Waals surface area contributed by atoms with Gasteiger partial charge in [-0.3, -0.25) is 14.7 Å². The van der Waals surface area contributed by atoms with Crippen LogP contribution in [0.2, 0.25) is 0 Å². The molecule has 0 saturated heterocycles. The van der Waals surface area contributed by atoms with Crippen LogP contribution in [0.25, 0.3) is 0 Å². The lowest BCUT2D eigenvalue weighted by Crippen LogP contribution is -2.27. The zero-order valence-corrected chi connectivity index (χ0v) is 18.9. The van der Waals surface area contributed by atoms with E-state index in [1.165, 1.54) is 18.3 Å². The van der Waals surface area contributed by atoms with Gasteiger partial charge >= 0.3 is 0 Å². The predicted octanol–water partition coefficient (Wildman–Crippen LogP) is 4.11. The highest BCUT2D eigenvalue weighted by molar-refractivity contribution is 7.92. The van der Waals surface area contributed by atoms with E-state index >= 15 is 4.39 Å². The van der Waals surface area contributed by atoms with Crippen molar-refractivity contribution < 1.29 is 17.2 Å². The number of hydrazine groups is 1. The van der Waals surface area contributed by atoms with Gasteiger partial charge in [0.15, 0.2) is 11.6 Å². The van der Waals surface area contributed by atoms with Crippen LogP contribution in [0.1, 0.15) is 16.8 Å². The molecule has 0 saturated carbocycles. The Morgan fingerprint density at radius 3 is 2.57 bits per heavy atom. The van der Waals surface area contributed by atoms with E-state index < -0.39 is 32.9 Å². The third kappa shape index (κ3) is 4.55. The lowest BCUT2D eigenvalue weighted by Gasteiger charge is -2.18. The number of nitrogens with zero attached hydrogens (tertiary/aromatic N) is 3. The first-order chi connectivity index (χ1) is 16.9. The highest BCUT2D eigenvalue weighted by atomic mass is 32.2. The molecule has 4 aromatic rings. The van der Waals surface area contributed by atoms with Crippen LogP contribution in [0.3, 0.4) is 0 Å². The van der Waals surface area contributed by atoms with Crippen LogP contribution in [0, 0.1) is 23.5 Å². The first kappa shape index (κ1) is 22.5. The molecule has 3 heterocycles. The van der Waals surface area contributed by atoms with E-state index in [1.54, 1.807) is 6.07 Å². The lowest BCUT2D eigenvalue weighted by molar-refractivity contribution is 0.578. The number of fused-ring (bicyclic) bond motifs is 1. The molecular weight excluding hydrogens is 472 g/mol. The van der Waals surface area contributed by atoms with Gasteiger partial charge in [0.2, 0.25) is 0 Å². The molecule has 2 aromatic heterocycles. The summed E-state index contributed by atoms with van der Waals surface area (Å²) in [5, 5.41) is 1.82. The molecule has 1 aliphatic rings. The van der Waals surface area contributed by atoms with Crippen molar-refractivity contribution in [1.29, 1.82) is 0 Å². The second kappa shape index (κ2) is 9.13. The third-order valence-corrected chi connectivity index (χ3v) is 6.56. The Bertz CT molecular complexity index is 1570. The van der Waals surface area contributed by atoms with E-state index in [0.29, 0.717) is 18.1 Å². The normalized spacial score (nSPS) is 12.6. The average molecular weight is 490 g/mol. The molecule has 2 aromatic carbocycles. The lowest BCUT2D eigenvalue weighted by atomic mass is 10.1. The van der Waals surface area contributed by atoms with E-state index in [1.807, 2.05) is 41.4 Å². The van der Waals surface area contributed by atoms with Crippen molar-refractivity contribution in [3.63, 3.8) is 0 Å². The van der Waals surface area contributed by atoms with Crippen LogP contribution in [0.5, 0.6) is 0 Å². The summed E-state index contributed by atoms with van der Waals surface area (Å²) in [5.41, 5.74) is 4.36. The number of hydrogen-bond donors (Lipinski definition) is 2. The Kier molecular flexibility index (Phi) is 5.86. The van der Waals surface area contributed by atoms with E-state index in [2.05, 4.69) is 32.0 Å². The highest BCUT2D eigenvalue weighted by Gasteiger charge is 2.22. The highest BCUT2D eigenvalue weighted by Crippen LogP contribution is 2.30. The minimum atomic E-state index is -4.12. The molecular formula is C25H17F2N5O2S. The van der Waals surface area contributed by atoms with E-state index in [4.69, 9.17) is 0 Å². The zero-order valence-electron chi connectivity index (χ0n) is 18.0. The van der Waals surface area contributed by atoms with E-state index in [-0.39, 0.29) is 4.90 Å². The van der Waals surface area contributed by atoms with Crippen molar-refractivity contribution in [2.75, 3.05) is 9.73 Å². The van der Waals surface area contributed by atoms with Gasteiger partial charge in [-0.15, -0.1) is 0 Å². The Morgan fingerprint density at radius 1 is 0.971 bits per heavy atom. The second-order valence-electron chi connectivity index (χ2n) is 7.51. The van der Waals surface area contributed by atoms with Crippen molar-refractivity contribution >= 4 is 27.2 Å². The quantitative estimate of drug-likeness (QED) is 0.420. The summed E-state index contributed by atoms with van der Waals surface area (Å²) >= 11 is 0. The summed E-state index contributed by atoms with van der Waals surface area (Å²) in [7, 11) is -4.12. The topological polar surface area (TPSA) is 87.2 Å². The summed E-state index contributed by atoms with van der Waals surface area (Å²) in [6.07, 6.45) is 2.53. The van der Waals surface area contributed by atoms with Crippen LogP contribution < -0.4 is 15.2 Å². The first-order valence-electron chi connectivity index (χ1n) is 10.4. The predicted molar refractivity (Wildman–Crippen MR) is 127 cm³/mol. The largest absolute Gasteiger partial charge is 0.277 e. The maximum Gasteiger partial charge on any atom is 0.263 e. The maximum absolute atomic E-state index is 15.1. The van der Waals surface area contributed by atoms with Crippen molar-refractivity contribution in [1.82, 2.24) is 15.4 Å². The van der Waals surface area contributed by atoms with Gasteiger partial charge in [-0.2, -0.15) is 0 Å². The smallest absolute Gasteiger partial charge is 0.263 e. The number of hydrogen-bond acceptors (Lipinski definition) is 6. The number of pyridine rings is 2. The molecule has 0 fully saturated rings. The van der Waals surface area contributed by atoms with Crippen LogP contribution >= 0.6 is 0 Å². The minimum absolute atomic E-state index is 0.157. The molecule has 0 unspecified atom stereocenters. The number of halogens is 2. The Balaban J connectivity index is 1.46. The number of sulfonamides is 1. The molecule has 0 spiro atoms. The van der Waals surface area contributed by atoms with Gasteiger partial charge in [0.1, 0.15) is 16.4 Å². The van der Waals surface area contributed by atoms with E-state index in [9.17, 15) is 12.8 Å².